The van der Waals surface area contributed by atoms with Gasteiger partial charge < -0.3 is 4.42 Å². The molecule has 112 valence electrons. The van der Waals surface area contributed by atoms with Crippen molar-refractivity contribution < 1.29 is 12.8 Å². The Kier molecular flexibility index (Phi) is 4.98. The Morgan fingerprint density at radius 1 is 1.24 bits per heavy atom. The first-order valence-corrected chi connectivity index (χ1v) is 8.29. The minimum Gasteiger partial charge on any atom is -0.469 e. The fourth-order valence-corrected chi connectivity index (χ4v) is 3.00. The van der Waals surface area contributed by atoms with E-state index in [4.69, 9.17) is 4.42 Å². The van der Waals surface area contributed by atoms with Crippen LogP contribution in [0.15, 0.2) is 52.5 Å². The first-order valence-electron chi connectivity index (χ1n) is 6.74. The lowest BCUT2D eigenvalue weighted by Gasteiger charge is -2.10. The molecule has 0 saturated carbocycles. The number of hydrogen-bond donors (Lipinski definition) is 1. The molecule has 1 atom stereocenters. The van der Waals surface area contributed by atoms with E-state index in [2.05, 4.69) is 4.72 Å². The Morgan fingerprint density at radius 3 is 2.57 bits per heavy atom. The van der Waals surface area contributed by atoms with Crippen molar-refractivity contribution in [3.8, 4) is 0 Å². The van der Waals surface area contributed by atoms with Gasteiger partial charge in [-0.25, -0.2) is 13.1 Å². The zero-order valence-corrected chi connectivity index (χ0v) is 12.9. The molecule has 0 aliphatic heterocycles. The molecule has 1 unspecified atom stereocenters. The van der Waals surface area contributed by atoms with Crippen molar-refractivity contribution in [1.82, 2.24) is 4.72 Å². The third-order valence-electron chi connectivity index (χ3n) is 2.97. The second-order valence-corrected chi connectivity index (χ2v) is 6.66. The molecule has 0 bridgehead atoms. The molecule has 0 spiro atoms. The topological polar surface area (TPSA) is 59.3 Å². The molecule has 0 amide bonds. The zero-order valence-electron chi connectivity index (χ0n) is 12.1. The molecule has 0 fully saturated rings. The first-order chi connectivity index (χ1) is 9.94. The summed E-state index contributed by atoms with van der Waals surface area (Å²) in [6.07, 6.45) is 3.68. The summed E-state index contributed by atoms with van der Waals surface area (Å²) in [6.45, 7) is 3.79. The monoisotopic (exact) mass is 305 g/mol. The number of hydrogen-bond acceptors (Lipinski definition) is 3. The lowest BCUT2D eigenvalue weighted by molar-refractivity contribution is 0.480. The molecule has 1 aromatic carbocycles. The predicted molar refractivity (Wildman–Crippen MR) is 84.1 cm³/mol. The predicted octanol–water partition coefficient (Wildman–Crippen LogP) is 3.11. The SMILES string of the molecule is Cc1ccc(/C=C/S(=O)(=O)NC(C)Cc2ccco2)cc1. The maximum Gasteiger partial charge on any atom is 0.233 e. The van der Waals surface area contributed by atoms with Gasteiger partial charge in [0, 0.05) is 17.9 Å². The maximum atomic E-state index is 12.0. The highest BCUT2D eigenvalue weighted by molar-refractivity contribution is 7.92. The smallest absolute Gasteiger partial charge is 0.233 e. The van der Waals surface area contributed by atoms with Crippen LogP contribution in [0, 0.1) is 6.92 Å². The van der Waals surface area contributed by atoms with Gasteiger partial charge in [-0.3, -0.25) is 0 Å². The Morgan fingerprint density at radius 2 is 1.95 bits per heavy atom. The third-order valence-corrected chi connectivity index (χ3v) is 4.20. The van der Waals surface area contributed by atoms with Crippen LogP contribution in [-0.4, -0.2) is 14.5 Å². The van der Waals surface area contributed by atoms with E-state index in [1.807, 2.05) is 37.3 Å². The minimum absolute atomic E-state index is 0.233. The van der Waals surface area contributed by atoms with Gasteiger partial charge in [-0.05, 0) is 37.6 Å². The van der Waals surface area contributed by atoms with Crippen LogP contribution in [0.3, 0.4) is 0 Å². The van der Waals surface area contributed by atoms with Crippen LogP contribution in [0.4, 0.5) is 0 Å². The summed E-state index contributed by atoms with van der Waals surface area (Å²) in [5.41, 5.74) is 1.99. The molecule has 2 aromatic rings. The second kappa shape index (κ2) is 6.74. The van der Waals surface area contributed by atoms with Crippen LogP contribution in [0.1, 0.15) is 23.8 Å². The first kappa shape index (κ1) is 15.5. The van der Waals surface area contributed by atoms with Crippen LogP contribution in [0.25, 0.3) is 6.08 Å². The van der Waals surface area contributed by atoms with Gasteiger partial charge in [-0.1, -0.05) is 29.8 Å². The van der Waals surface area contributed by atoms with Crippen LogP contribution in [-0.2, 0) is 16.4 Å². The quantitative estimate of drug-likeness (QED) is 0.892. The largest absolute Gasteiger partial charge is 0.469 e. The van der Waals surface area contributed by atoms with E-state index >= 15 is 0 Å². The van der Waals surface area contributed by atoms with E-state index in [0.717, 1.165) is 16.9 Å². The maximum absolute atomic E-state index is 12.0. The van der Waals surface area contributed by atoms with Gasteiger partial charge >= 0.3 is 0 Å². The molecule has 1 heterocycles. The van der Waals surface area contributed by atoms with E-state index in [9.17, 15) is 8.42 Å². The summed E-state index contributed by atoms with van der Waals surface area (Å²) >= 11 is 0. The molecule has 1 N–H and O–H groups in total. The molecule has 2 rings (SSSR count). The van der Waals surface area contributed by atoms with Gasteiger partial charge in [0.1, 0.15) is 5.76 Å². The molecule has 0 saturated heterocycles. The highest BCUT2D eigenvalue weighted by atomic mass is 32.2. The number of furan rings is 1. The fraction of sp³-hybridized carbons (Fsp3) is 0.250. The van der Waals surface area contributed by atoms with Gasteiger partial charge in [0.25, 0.3) is 0 Å². The number of aryl methyl sites for hydroxylation is 1. The zero-order chi connectivity index (χ0) is 15.3. The van der Waals surface area contributed by atoms with E-state index in [0.29, 0.717) is 6.42 Å². The Labute approximate surface area is 125 Å². The van der Waals surface area contributed by atoms with Gasteiger partial charge in [-0.15, -0.1) is 0 Å². The van der Waals surface area contributed by atoms with Crippen molar-refractivity contribution in [1.29, 1.82) is 0 Å². The second-order valence-electron chi connectivity index (χ2n) is 5.06. The normalized spacial score (nSPS) is 13.6. The number of benzene rings is 1. The van der Waals surface area contributed by atoms with E-state index in [-0.39, 0.29) is 6.04 Å². The van der Waals surface area contributed by atoms with E-state index < -0.39 is 10.0 Å². The standard InChI is InChI=1S/C16H19NO3S/c1-13-5-7-15(8-6-13)9-11-21(18,19)17-14(2)12-16-4-3-10-20-16/h3-11,14,17H,12H2,1-2H3/b11-9+. The number of nitrogens with one attached hydrogen (secondary N) is 1. The fourth-order valence-electron chi connectivity index (χ4n) is 1.94. The number of rotatable bonds is 6. The number of sulfonamides is 1. The van der Waals surface area contributed by atoms with Crippen molar-refractivity contribution in [3.63, 3.8) is 0 Å². The molecular formula is C16H19NO3S. The van der Waals surface area contributed by atoms with Crippen molar-refractivity contribution in [2.24, 2.45) is 0 Å². The van der Waals surface area contributed by atoms with Gasteiger partial charge in [-0.2, -0.15) is 0 Å². The molecule has 0 aliphatic carbocycles. The van der Waals surface area contributed by atoms with Gasteiger partial charge in [0.2, 0.25) is 10.0 Å². The van der Waals surface area contributed by atoms with Crippen LogP contribution < -0.4 is 4.72 Å². The average molecular weight is 305 g/mol. The van der Waals surface area contributed by atoms with Gasteiger partial charge in [0.05, 0.1) is 6.26 Å². The molecule has 21 heavy (non-hydrogen) atoms. The lowest BCUT2D eigenvalue weighted by Crippen LogP contribution is -2.32. The Bertz CT molecular complexity index is 686. The summed E-state index contributed by atoms with van der Waals surface area (Å²) in [5.74, 6) is 0.757. The molecular weight excluding hydrogens is 286 g/mol. The molecule has 5 heteroatoms. The van der Waals surface area contributed by atoms with Crippen LogP contribution in [0.5, 0.6) is 0 Å². The molecule has 0 aliphatic rings. The average Bonchev–Trinajstić information content (AvgIpc) is 2.90. The third kappa shape index (κ3) is 5.21. The minimum atomic E-state index is -3.46. The highest BCUT2D eigenvalue weighted by Crippen LogP contribution is 2.08. The molecule has 1 aromatic heterocycles. The van der Waals surface area contributed by atoms with Crippen LogP contribution >= 0.6 is 0 Å². The Balaban J connectivity index is 1.96. The van der Waals surface area contributed by atoms with Crippen molar-refractivity contribution in [2.45, 2.75) is 26.3 Å². The summed E-state index contributed by atoms with van der Waals surface area (Å²) in [4.78, 5) is 0. The summed E-state index contributed by atoms with van der Waals surface area (Å²) in [6, 6.07) is 11.0. The highest BCUT2D eigenvalue weighted by Gasteiger charge is 2.12. The van der Waals surface area contributed by atoms with E-state index in [1.54, 1.807) is 25.3 Å². The lowest BCUT2D eigenvalue weighted by atomic mass is 10.2. The molecule has 0 radical (unpaired) electrons. The summed E-state index contributed by atoms with van der Waals surface area (Å²) in [5, 5.41) is 1.19. The Hall–Kier alpha value is -1.85. The van der Waals surface area contributed by atoms with Crippen LogP contribution in [0.2, 0.25) is 0 Å². The van der Waals surface area contributed by atoms with Gasteiger partial charge in [0.15, 0.2) is 0 Å². The van der Waals surface area contributed by atoms with Crippen molar-refractivity contribution >= 4 is 16.1 Å². The molecule has 4 nitrogen and oxygen atoms in total. The van der Waals surface area contributed by atoms with Crippen molar-refractivity contribution in [2.75, 3.05) is 0 Å². The summed E-state index contributed by atoms with van der Waals surface area (Å²) in [7, 11) is -3.46. The van der Waals surface area contributed by atoms with Crippen molar-refractivity contribution in [3.05, 3.63) is 65.0 Å². The summed E-state index contributed by atoms with van der Waals surface area (Å²) < 4.78 is 31.8. The van der Waals surface area contributed by atoms with E-state index in [1.165, 1.54) is 5.41 Å².